The minimum absolute atomic E-state index is 0.101. The monoisotopic (exact) mass is 561 g/mol. The molecule has 0 bridgehead atoms. The van der Waals surface area contributed by atoms with Gasteiger partial charge in [0, 0.05) is 23.6 Å². The molecule has 0 radical (unpaired) electrons. The molecule has 39 heavy (non-hydrogen) atoms. The van der Waals surface area contributed by atoms with Gasteiger partial charge in [0.25, 0.3) is 0 Å². The van der Waals surface area contributed by atoms with Crippen molar-refractivity contribution < 1.29 is 14.9 Å². The Kier molecular flexibility index (Phi) is 18.2. The van der Waals surface area contributed by atoms with E-state index in [1.54, 1.807) is 0 Å². The third-order valence-corrected chi connectivity index (χ3v) is 7.74. The number of rotatable bonds is 23. The van der Waals surface area contributed by atoms with Crippen molar-refractivity contribution in [2.75, 3.05) is 12.0 Å². The molecule has 1 unspecified atom stereocenters. The summed E-state index contributed by atoms with van der Waals surface area (Å²) in [6.07, 6.45) is 20.8. The van der Waals surface area contributed by atoms with Crippen LogP contribution in [0.5, 0.6) is 0 Å². The van der Waals surface area contributed by atoms with Crippen molar-refractivity contribution in [3.8, 4) is 11.4 Å². The molecule has 2 amide bonds. The minimum atomic E-state index is -0.252. The van der Waals surface area contributed by atoms with E-state index in [0.29, 0.717) is 23.4 Å². The highest BCUT2D eigenvalue weighted by atomic mass is 32.1. The molecular formula is C30H51N5O3S. The second kappa shape index (κ2) is 21.6. The average Bonchev–Trinajstić information content (AvgIpc) is 3.43. The van der Waals surface area contributed by atoms with Crippen LogP contribution in [-0.4, -0.2) is 27.2 Å². The Bertz CT molecular complexity index is 895. The smallest absolute Gasteiger partial charge is 0.333 e. The van der Waals surface area contributed by atoms with E-state index in [9.17, 15) is 4.79 Å². The van der Waals surface area contributed by atoms with E-state index in [4.69, 9.17) is 5.26 Å². The number of hydrazine groups is 1. The highest BCUT2D eigenvalue weighted by Gasteiger charge is 2.12. The van der Waals surface area contributed by atoms with E-state index >= 15 is 0 Å². The number of anilines is 1. The Balaban J connectivity index is 1.73. The van der Waals surface area contributed by atoms with E-state index < -0.39 is 0 Å². The van der Waals surface area contributed by atoms with Crippen molar-refractivity contribution in [3.05, 3.63) is 29.8 Å². The number of nitrogens with zero attached hydrogens (tertiary/aromatic N) is 2. The van der Waals surface area contributed by atoms with Gasteiger partial charge in [-0.2, -0.15) is 9.36 Å². The summed E-state index contributed by atoms with van der Waals surface area (Å²) in [6, 6.07) is 7.21. The zero-order chi connectivity index (χ0) is 28.0. The number of carbonyl (C=O) groups excluding carboxylic acids is 1. The second-order valence-corrected chi connectivity index (χ2v) is 11.3. The topological polar surface area (TPSA) is 108 Å². The largest absolute Gasteiger partial charge is 0.336 e. The second-order valence-electron chi connectivity index (χ2n) is 10.5. The van der Waals surface area contributed by atoms with E-state index in [1.807, 2.05) is 24.3 Å². The first kappa shape index (κ1) is 33.0. The third kappa shape index (κ3) is 15.2. The maximum atomic E-state index is 12.5. The van der Waals surface area contributed by atoms with Gasteiger partial charge in [-0.15, -0.1) is 0 Å². The van der Waals surface area contributed by atoms with E-state index in [0.717, 1.165) is 11.1 Å². The van der Waals surface area contributed by atoms with Crippen molar-refractivity contribution in [2.24, 2.45) is 5.92 Å². The first-order valence-corrected chi connectivity index (χ1v) is 15.9. The molecular weight excluding hydrogens is 510 g/mol. The van der Waals surface area contributed by atoms with Crippen LogP contribution in [0.1, 0.15) is 122 Å². The molecule has 1 aromatic heterocycles. The van der Waals surface area contributed by atoms with E-state index in [2.05, 4.69) is 44.3 Å². The fourth-order valence-electron chi connectivity index (χ4n) is 4.79. The summed E-state index contributed by atoms with van der Waals surface area (Å²) in [5, 5.41) is 12.2. The summed E-state index contributed by atoms with van der Waals surface area (Å²) in [7, 11) is 0. The van der Waals surface area contributed by atoms with Crippen molar-refractivity contribution in [1.82, 2.24) is 20.1 Å². The maximum Gasteiger partial charge on any atom is 0.333 e. The molecule has 2 aromatic rings. The zero-order valence-electron chi connectivity index (χ0n) is 24.2. The number of amides is 2. The molecule has 0 saturated heterocycles. The Morgan fingerprint density at radius 3 is 2.15 bits per heavy atom. The van der Waals surface area contributed by atoms with Gasteiger partial charge >= 0.3 is 6.03 Å². The number of hydrogen-bond donors (Lipinski definition) is 4. The van der Waals surface area contributed by atoms with Gasteiger partial charge in [-0.1, -0.05) is 122 Å². The number of nitrogens with one attached hydrogen (secondary N) is 3. The Labute approximate surface area is 239 Å². The summed E-state index contributed by atoms with van der Waals surface area (Å²) in [6.45, 7) is 5.31. The summed E-state index contributed by atoms with van der Waals surface area (Å²) in [5.41, 5.74) is 7.20. The molecule has 0 saturated carbocycles. The molecule has 8 nitrogen and oxygen atoms in total. The lowest BCUT2D eigenvalue weighted by Gasteiger charge is -2.18. The van der Waals surface area contributed by atoms with Gasteiger partial charge in [0.1, 0.15) is 6.61 Å². The number of urea groups is 1. The van der Waals surface area contributed by atoms with Crippen LogP contribution < -0.4 is 16.2 Å². The van der Waals surface area contributed by atoms with Crippen LogP contribution >= 0.6 is 11.5 Å². The number of benzene rings is 1. The Morgan fingerprint density at radius 1 is 0.923 bits per heavy atom. The van der Waals surface area contributed by atoms with Crippen LogP contribution in [0.15, 0.2) is 24.3 Å². The van der Waals surface area contributed by atoms with Crippen LogP contribution in [0.2, 0.25) is 0 Å². The fraction of sp³-hybridized carbons (Fsp3) is 0.700. The average molecular weight is 562 g/mol. The summed E-state index contributed by atoms with van der Waals surface area (Å²) in [5.74, 6) is 1.07. The van der Waals surface area contributed by atoms with Crippen molar-refractivity contribution >= 4 is 22.7 Å². The maximum absolute atomic E-state index is 12.5. The third-order valence-electron chi connectivity index (χ3n) is 7.11. The van der Waals surface area contributed by atoms with Crippen LogP contribution in [0.3, 0.4) is 0 Å². The van der Waals surface area contributed by atoms with Gasteiger partial charge in [-0.3, -0.25) is 10.7 Å². The summed E-state index contributed by atoms with van der Waals surface area (Å²) in [4.78, 5) is 21.2. The lowest BCUT2D eigenvalue weighted by Crippen LogP contribution is -2.41. The number of carbonyl (C=O) groups is 1. The van der Waals surface area contributed by atoms with Gasteiger partial charge in [0.2, 0.25) is 5.13 Å². The first-order chi connectivity index (χ1) is 19.2. The SMILES string of the molecule is CCCCCCCCCCC(CCCCCCCC)CNC(=O)NNc1nc(-c2cccc(COO)c2)ns1. The molecule has 0 fully saturated rings. The highest BCUT2D eigenvalue weighted by molar-refractivity contribution is 7.09. The predicted molar refractivity (Wildman–Crippen MR) is 162 cm³/mol. The molecule has 220 valence electrons. The van der Waals surface area contributed by atoms with Gasteiger partial charge in [-0.05, 0) is 30.4 Å². The van der Waals surface area contributed by atoms with E-state index in [1.165, 1.54) is 114 Å². The molecule has 1 aromatic carbocycles. The first-order valence-electron chi connectivity index (χ1n) is 15.2. The molecule has 4 N–H and O–H groups in total. The normalized spacial score (nSPS) is 11.9. The summed E-state index contributed by atoms with van der Waals surface area (Å²) >= 11 is 1.18. The highest BCUT2D eigenvalue weighted by Crippen LogP contribution is 2.22. The molecule has 0 aliphatic rings. The standard InChI is InChI=1S/C30H51N5O3S/c1-3-5-7-9-11-12-14-16-19-25(18-15-13-10-8-6-4-2)23-31-29(36)33-34-30-32-28(35-39-30)27-21-17-20-26(22-27)24-38-37/h17,20-22,25,37H,3-16,18-19,23-24H2,1-2H3,(H2,31,33,36)(H,32,34,35). The molecule has 0 spiro atoms. The molecule has 0 aliphatic carbocycles. The lowest BCUT2D eigenvalue weighted by atomic mass is 9.94. The zero-order valence-corrected chi connectivity index (χ0v) is 25.0. The summed E-state index contributed by atoms with van der Waals surface area (Å²) < 4.78 is 4.36. The van der Waals surface area contributed by atoms with Crippen LogP contribution in [0, 0.1) is 5.92 Å². The van der Waals surface area contributed by atoms with E-state index in [-0.39, 0.29) is 12.6 Å². The van der Waals surface area contributed by atoms with Crippen LogP contribution in [0.4, 0.5) is 9.93 Å². The van der Waals surface area contributed by atoms with Crippen LogP contribution in [-0.2, 0) is 11.5 Å². The Hall–Kier alpha value is -2.23. The quantitative estimate of drug-likeness (QED) is 0.0614. The molecule has 1 atom stereocenters. The van der Waals surface area contributed by atoms with Gasteiger partial charge in [-0.25, -0.2) is 15.1 Å². The molecule has 0 aliphatic heterocycles. The van der Waals surface area contributed by atoms with Gasteiger partial charge < -0.3 is 5.32 Å². The van der Waals surface area contributed by atoms with Crippen molar-refractivity contribution in [3.63, 3.8) is 0 Å². The van der Waals surface area contributed by atoms with Crippen molar-refractivity contribution in [1.29, 1.82) is 0 Å². The minimum Gasteiger partial charge on any atom is -0.336 e. The molecule has 1 heterocycles. The molecule has 9 heteroatoms. The number of unbranched alkanes of at least 4 members (excludes halogenated alkanes) is 12. The number of aromatic nitrogens is 2. The van der Waals surface area contributed by atoms with Crippen molar-refractivity contribution in [2.45, 2.75) is 123 Å². The Morgan fingerprint density at radius 2 is 1.54 bits per heavy atom. The molecule has 2 rings (SSSR count). The number of hydrogen-bond acceptors (Lipinski definition) is 7. The van der Waals surface area contributed by atoms with Gasteiger partial charge in [0.05, 0.1) is 0 Å². The lowest BCUT2D eigenvalue weighted by molar-refractivity contribution is -0.253. The predicted octanol–water partition coefficient (Wildman–Crippen LogP) is 8.72. The fourth-order valence-corrected chi connectivity index (χ4v) is 5.33. The van der Waals surface area contributed by atoms with Gasteiger partial charge in [0.15, 0.2) is 5.82 Å². The van der Waals surface area contributed by atoms with Crippen LogP contribution in [0.25, 0.3) is 11.4 Å².